The molecule has 0 unspecified atom stereocenters. The van der Waals surface area contributed by atoms with Crippen molar-refractivity contribution >= 4 is 34.6 Å². The molecule has 4 atom stereocenters. The third-order valence-corrected chi connectivity index (χ3v) is 4.50. The van der Waals surface area contributed by atoms with Crippen LogP contribution in [0.1, 0.15) is 11.8 Å². The fraction of sp³-hybridized carbons (Fsp3) is 0.417. The zero-order valence-corrected chi connectivity index (χ0v) is 13.2. The SMILES string of the molecule is O=C(O)C=Cc1cn([C@@H]2O[C@H](CO)[C@@H](O)[C@H]2I)c(=O)[nH]c1=O. The second-order valence-corrected chi connectivity index (χ2v) is 6.04. The largest absolute Gasteiger partial charge is 0.478 e. The summed E-state index contributed by atoms with van der Waals surface area (Å²) in [5.74, 6) is -1.24. The van der Waals surface area contributed by atoms with E-state index in [1.54, 1.807) is 0 Å². The first-order chi connectivity index (χ1) is 10.3. The minimum atomic E-state index is -1.24. The fourth-order valence-electron chi connectivity index (χ4n) is 2.05. The maximum atomic E-state index is 11.9. The van der Waals surface area contributed by atoms with Crippen LogP contribution in [-0.4, -0.2) is 53.6 Å². The number of aliphatic carboxylic acids is 1. The second-order valence-electron chi connectivity index (χ2n) is 4.61. The molecule has 4 N–H and O–H groups in total. The number of carboxylic acids is 1. The van der Waals surface area contributed by atoms with Gasteiger partial charge >= 0.3 is 11.7 Å². The summed E-state index contributed by atoms with van der Waals surface area (Å²) in [4.78, 5) is 36.1. The van der Waals surface area contributed by atoms with Crippen molar-refractivity contribution < 1.29 is 24.9 Å². The van der Waals surface area contributed by atoms with Gasteiger partial charge in [-0.05, 0) is 6.08 Å². The molecule has 1 aliphatic heterocycles. The average Bonchev–Trinajstić information content (AvgIpc) is 2.74. The Morgan fingerprint density at radius 3 is 2.73 bits per heavy atom. The zero-order valence-electron chi connectivity index (χ0n) is 11.0. The number of hydrogen-bond donors (Lipinski definition) is 4. The molecule has 1 aromatic rings. The molecule has 1 saturated heterocycles. The van der Waals surface area contributed by atoms with Crippen LogP contribution in [0.3, 0.4) is 0 Å². The number of rotatable bonds is 4. The van der Waals surface area contributed by atoms with Crippen LogP contribution >= 0.6 is 22.6 Å². The van der Waals surface area contributed by atoms with Gasteiger partial charge in [-0.2, -0.15) is 0 Å². The van der Waals surface area contributed by atoms with Crippen LogP contribution in [0, 0.1) is 0 Å². The van der Waals surface area contributed by atoms with Gasteiger partial charge in [0, 0.05) is 12.3 Å². The first-order valence-corrected chi connectivity index (χ1v) is 7.44. The molecule has 0 radical (unpaired) electrons. The van der Waals surface area contributed by atoms with E-state index in [1.807, 2.05) is 22.6 Å². The summed E-state index contributed by atoms with van der Waals surface area (Å²) < 4.78 is 5.94. The molecule has 0 saturated carbocycles. The Labute approximate surface area is 137 Å². The lowest BCUT2D eigenvalue weighted by Crippen LogP contribution is -2.36. The highest BCUT2D eigenvalue weighted by molar-refractivity contribution is 14.1. The number of ether oxygens (including phenoxy) is 1. The van der Waals surface area contributed by atoms with Gasteiger partial charge in [0.2, 0.25) is 0 Å². The van der Waals surface area contributed by atoms with Crippen molar-refractivity contribution in [2.24, 2.45) is 0 Å². The second kappa shape index (κ2) is 6.73. The smallest absolute Gasteiger partial charge is 0.330 e. The first-order valence-electron chi connectivity index (χ1n) is 6.20. The van der Waals surface area contributed by atoms with E-state index in [9.17, 15) is 19.5 Å². The Kier molecular flexibility index (Phi) is 5.16. The summed E-state index contributed by atoms with van der Waals surface area (Å²) >= 11 is 1.88. The quantitative estimate of drug-likeness (QED) is 0.267. The van der Waals surface area contributed by atoms with Gasteiger partial charge < -0.3 is 20.1 Å². The van der Waals surface area contributed by atoms with Gasteiger partial charge in [-0.3, -0.25) is 14.3 Å². The Morgan fingerprint density at radius 1 is 1.50 bits per heavy atom. The van der Waals surface area contributed by atoms with Gasteiger partial charge in [0.25, 0.3) is 5.56 Å². The van der Waals surface area contributed by atoms with Crippen molar-refractivity contribution in [1.29, 1.82) is 0 Å². The van der Waals surface area contributed by atoms with Gasteiger partial charge in [0.1, 0.15) is 6.10 Å². The Bertz CT molecular complexity index is 710. The lowest BCUT2D eigenvalue weighted by molar-refractivity contribution is -0.131. The molecule has 9 nitrogen and oxygen atoms in total. The minimum absolute atomic E-state index is 0.0452. The maximum Gasteiger partial charge on any atom is 0.330 e. The maximum absolute atomic E-state index is 11.9. The van der Waals surface area contributed by atoms with Crippen LogP contribution in [0.2, 0.25) is 0 Å². The average molecular weight is 424 g/mol. The van der Waals surface area contributed by atoms with Crippen LogP contribution < -0.4 is 11.2 Å². The molecule has 0 amide bonds. The number of nitrogens with zero attached hydrogens (tertiary/aromatic N) is 1. The van der Waals surface area contributed by atoms with E-state index < -0.39 is 46.2 Å². The Balaban J connectivity index is 2.44. The number of H-pyrrole nitrogens is 1. The number of aromatic nitrogens is 2. The number of aromatic amines is 1. The third-order valence-electron chi connectivity index (χ3n) is 3.15. The molecule has 2 rings (SSSR count). The summed E-state index contributed by atoms with van der Waals surface area (Å²) in [6.07, 6.45) is 0.254. The summed E-state index contributed by atoms with van der Waals surface area (Å²) in [7, 11) is 0. The summed E-state index contributed by atoms with van der Waals surface area (Å²) in [6.45, 7) is -0.416. The molecule has 1 fully saturated rings. The molecule has 10 heteroatoms. The van der Waals surface area contributed by atoms with E-state index in [1.165, 1.54) is 0 Å². The molecule has 0 aromatic carbocycles. The Morgan fingerprint density at radius 2 is 2.18 bits per heavy atom. The molecular weight excluding hydrogens is 411 g/mol. The van der Waals surface area contributed by atoms with Crippen LogP contribution in [0.25, 0.3) is 6.08 Å². The molecule has 1 aliphatic rings. The van der Waals surface area contributed by atoms with E-state index >= 15 is 0 Å². The van der Waals surface area contributed by atoms with Crippen molar-refractivity contribution in [3.63, 3.8) is 0 Å². The van der Waals surface area contributed by atoms with Crippen LogP contribution in [0.15, 0.2) is 21.9 Å². The Hall–Kier alpha value is -1.50. The van der Waals surface area contributed by atoms with E-state index in [-0.39, 0.29) is 5.56 Å². The lowest BCUT2D eigenvalue weighted by atomic mass is 10.2. The molecule has 0 aliphatic carbocycles. The van der Waals surface area contributed by atoms with Gasteiger partial charge in [-0.15, -0.1) is 0 Å². The topological polar surface area (TPSA) is 142 Å². The van der Waals surface area contributed by atoms with Crippen molar-refractivity contribution in [3.05, 3.63) is 38.7 Å². The van der Waals surface area contributed by atoms with Crippen molar-refractivity contribution in [2.45, 2.75) is 22.4 Å². The normalized spacial score (nSPS) is 28.3. The molecular formula is C12H13IN2O7. The number of nitrogens with one attached hydrogen (secondary N) is 1. The highest BCUT2D eigenvalue weighted by Crippen LogP contribution is 2.33. The predicted molar refractivity (Wildman–Crippen MR) is 82.8 cm³/mol. The highest BCUT2D eigenvalue weighted by Gasteiger charge is 2.43. The molecule has 22 heavy (non-hydrogen) atoms. The summed E-state index contributed by atoms with van der Waals surface area (Å²) in [5, 5.41) is 27.6. The van der Waals surface area contributed by atoms with Crippen molar-refractivity contribution in [1.82, 2.24) is 9.55 Å². The first kappa shape index (κ1) is 16.9. The monoisotopic (exact) mass is 424 g/mol. The lowest BCUT2D eigenvalue weighted by Gasteiger charge is -2.17. The number of halogens is 1. The number of alkyl halides is 1. The van der Waals surface area contributed by atoms with Gasteiger partial charge in [-0.1, -0.05) is 22.6 Å². The van der Waals surface area contributed by atoms with Gasteiger partial charge in [0.05, 0.1) is 22.2 Å². The number of hydrogen-bond acceptors (Lipinski definition) is 6. The van der Waals surface area contributed by atoms with Crippen LogP contribution in [0.4, 0.5) is 0 Å². The number of carboxylic acid groups (broad SMARTS) is 1. The van der Waals surface area contributed by atoms with Gasteiger partial charge in [-0.25, -0.2) is 9.59 Å². The summed E-state index contributed by atoms with van der Waals surface area (Å²) in [6, 6.07) is 0. The van der Waals surface area contributed by atoms with Crippen molar-refractivity contribution in [2.75, 3.05) is 6.61 Å². The van der Waals surface area contributed by atoms with E-state index in [2.05, 4.69) is 4.98 Å². The molecule has 2 heterocycles. The van der Waals surface area contributed by atoms with E-state index in [4.69, 9.17) is 14.9 Å². The molecule has 0 bridgehead atoms. The summed E-state index contributed by atoms with van der Waals surface area (Å²) in [5.41, 5.74) is -1.54. The molecule has 120 valence electrons. The standard InChI is InChI=1S/C12H13IN2O7/c13-8-9(19)6(4-16)22-11(8)15-3-5(1-2-7(17)18)10(20)14-12(15)21/h1-3,6,8-9,11,16,19H,4H2,(H,17,18)(H,14,20,21)/t6-,8-,9-,11-/m1/s1. The van der Waals surface area contributed by atoms with Crippen molar-refractivity contribution in [3.8, 4) is 0 Å². The highest BCUT2D eigenvalue weighted by atomic mass is 127. The van der Waals surface area contributed by atoms with E-state index in [0.29, 0.717) is 0 Å². The number of carbonyl (C=O) groups is 1. The van der Waals surface area contributed by atoms with E-state index in [0.717, 1.165) is 22.9 Å². The third kappa shape index (κ3) is 3.29. The number of aliphatic hydroxyl groups is 2. The minimum Gasteiger partial charge on any atom is -0.478 e. The zero-order chi connectivity index (χ0) is 16.4. The van der Waals surface area contributed by atoms with Crippen LogP contribution in [0.5, 0.6) is 0 Å². The van der Waals surface area contributed by atoms with Gasteiger partial charge in [0.15, 0.2) is 6.23 Å². The number of aliphatic hydroxyl groups excluding tert-OH is 2. The van der Waals surface area contributed by atoms with Crippen LogP contribution in [-0.2, 0) is 9.53 Å². The molecule has 1 aromatic heterocycles. The fourth-order valence-corrected chi connectivity index (χ4v) is 3.03. The molecule has 0 spiro atoms. The predicted octanol–water partition coefficient (Wildman–Crippen LogP) is -1.31.